The maximum atomic E-state index is 10.3. The molecule has 3 heteroatoms. The molecule has 0 N–H and O–H groups in total. The van der Waals surface area contributed by atoms with Gasteiger partial charge in [0, 0.05) is 11.6 Å². The van der Waals surface area contributed by atoms with Crippen LogP contribution in [0.4, 0.5) is 0 Å². The molecule has 0 saturated heterocycles. The van der Waals surface area contributed by atoms with Gasteiger partial charge in [0.15, 0.2) is 0 Å². The van der Waals surface area contributed by atoms with Crippen LogP contribution in [0, 0.1) is 4.91 Å². The van der Waals surface area contributed by atoms with Crippen LogP contribution in [0.15, 0.2) is 30.0 Å². The average Bonchev–Trinajstić information content (AvgIpc) is 2.04. The smallest absolute Gasteiger partial charge is 0.269 e. The molecule has 0 heterocycles. The van der Waals surface area contributed by atoms with E-state index in [1.165, 1.54) is 0 Å². The molecule has 11 heavy (non-hydrogen) atoms. The number of unbranched alkanes of at least 4 members (excludes halogenated alkanes) is 1. The number of amides is 1. The second-order valence-corrected chi connectivity index (χ2v) is 2.04. The SMILES string of the molecule is C=C/C=C/CCCC(=O)N=O. The Morgan fingerprint density at radius 2 is 2.27 bits per heavy atom. The molecule has 60 valence electrons. The molecule has 1 amide bonds. The summed E-state index contributed by atoms with van der Waals surface area (Å²) in [5.41, 5.74) is 0. The maximum absolute atomic E-state index is 10.3. The number of rotatable bonds is 5. The van der Waals surface area contributed by atoms with E-state index in [0.717, 1.165) is 6.42 Å². The third kappa shape index (κ3) is 6.64. The zero-order valence-electron chi connectivity index (χ0n) is 6.32. The van der Waals surface area contributed by atoms with Crippen molar-refractivity contribution in [3.63, 3.8) is 0 Å². The lowest BCUT2D eigenvalue weighted by Gasteiger charge is -1.87. The molecule has 0 spiro atoms. The third-order valence-corrected chi connectivity index (χ3v) is 1.14. The molecule has 0 rings (SSSR count). The molecule has 3 nitrogen and oxygen atoms in total. The van der Waals surface area contributed by atoms with E-state index in [1.807, 2.05) is 6.08 Å². The van der Waals surface area contributed by atoms with Crippen molar-refractivity contribution in [2.75, 3.05) is 0 Å². The Hall–Kier alpha value is -1.25. The lowest BCUT2D eigenvalue weighted by molar-refractivity contribution is -0.118. The van der Waals surface area contributed by atoms with Crippen molar-refractivity contribution in [1.82, 2.24) is 0 Å². The summed E-state index contributed by atoms with van der Waals surface area (Å²) in [6.45, 7) is 3.49. The quantitative estimate of drug-likeness (QED) is 0.345. The third-order valence-electron chi connectivity index (χ3n) is 1.14. The van der Waals surface area contributed by atoms with E-state index >= 15 is 0 Å². The number of carbonyl (C=O) groups is 1. The van der Waals surface area contributed by atoms with Crippen molar-refractivity contribution >= 4 is 5.91 Å². The van der Waals surface area contributed by atoms with Crippen LogP contribution in [0.2, 0.25) is 0 Å². The number of allylic oxidation sites excluding steroid dienone is 3. The Morgan fingerprint density at radius 3 is 2.82 bits per heavy atom. The van der Waals surface area contributed by atoms with Gasteiger partial charge in [-0.2, -0.15) is 0 Å². The van der Waals surface area contributed by atoms with Gasteiger partial charge in [0.05, 0.1) is 0 Å². The van der Waals surface area contributed by atoms with E-state index in [0.29, 0.717) is 6.42 Å². The van der Waals surface area contributed by atoms with Gasteiger partial charge in [-0.3, -0.25) is 4.79 Å². The van der Waals surface area contributed by atoms with Crippen LogP contribution in [-0.4, -0.2) is 5.91 Å². The minimum Gasteiger partial charge on any atom is -0.269 e. The lowest BCUT2D eigenvalue weighted by atomic mass is 10.2. The number of nitrogens with zero attached hydrogens (tertiary/aromatic N) is 1. The van der Waals surface area contributed by atoms with Gasteiger partial charge in [-0.15, -0.1) is 4.91 Å². The number of nitroso groups, excluding NO2 is 1. The molecule has 0 atom stereocenters. The molecule has 0 aromatic heterocycles. The van der Waals surface area contributed by atoms with Gasteiger partial charge >= 0.3 is 0 Å². The van der Waals surface area contributed by atoms with Crippen LogP contribution in [0.1, 0.15) is 19.3 Å². The normalized spacial score (nSPS) is 9.82. The topological polar surface area (TPSA) is 46.5 Å². The zero-order valence-corrected chi connectivity index (χ0v) is 6.32. The molecule has 0 aliphatic carbocycles. The summed E-state index contributed by atoms with van der Waals surface area (Å²) in [5.74, 6) is -0.572. The zero-order chi connectivity index (χ0) is 8.53. The summed E-state index contributed by atoms with van der Waals surface area (Å²) in [6.07, 6.45) is 7.07. The first-order valence-corrected chi connectivity index (χ1v) is 3.45. The summed E-state index contributed by atoms with van der Waals surface area (Å²) in [4.78, 5) is 19.9. The second kappa shape index (κ2) is 6.86. The summed E-state index contributed by atoms with van der Waals surface area (Å²) < 4.78 is 0. The molecule has 0 fully saturated rings. The second-order valence-electron chi connectivity index (χ2n) is 2.04. The Kier molecular flexibility index (Phi) is 6.08. The molecule has 0 saturated carbocycles. The Morgan fingerprint density at radius 1 is 1.55 bits per heavy atom. The number of carbonyl (C=O) groups excluding carboxylic acids is 1. The van der Waals surface area contributed by atoms with Gasteiger partial charge in [0.1, 0.15) is 0 Å². The Bertz CT molecular complexity index is 173. The first-order chi connectivity index (χ1) is 5.31. The van der Waals surface area contributed by atoms with E-state index in [-0.39, 0.29) is 6.42 Å². The van der Waals surface area contributed by atoms with Gasteiger partial charge < -0.3 is 0 Å². The van der Waals surface area contributed by atoms with E-state index < -0.39 is 5.91 Å². The van der Waals surface area contributed by atoms with Crippen molar-refractivity contribution in [2.24, 2.45) is 5.18 Å². The van der Waals surface area contributed by atoms with E-state index in [1.54, 1.807) is 12.2 Å². The lowest BCUT2D eigenvalue weighted by Crippen LogP contribution is -1.89. The van der Waals surface area contributed by atoms with Crippen molar-refractivity contribution in [2.45, 2.75) is 19.3 Å². The highest BCUT2D eigenvalue weighted by Crippen LogP contribution is 1.97. The van der Waals surface area contributed by atoms with Gasteiger partial charge in [0.2, 0.25) is 0 Å². The van der Waals surface area contributed by atoms with Crippen LogP contribution < -0.4 is 0 Å². The fraction of sp³-hybridized carbons (Fsp3) is 0.375. The van der Waals surface area contributed by atoms with Crippen LogP contribution in [0.3, 0.4) is 0 Å². The summed E-state index contributed by atoms with van der Waals surface area (Å²) in [7, 11) is 0. The highest BCUT2D eigenvalue weighted by molar-refractivity contribution is 5.76. The van der Waals surface area contributed by atoms with Gasteiger partial charge in [-0.25, -0.2) is 0 Å². The molecule has 0 aliphatic rings. The largest absolute Gasteiger partial charge is 0.286 e. The fourth-order valence-corrected chi connectivity index (χ4v) is 0.609. The maximum Gasteiger partial charge on any atom is 0.286 e. The van der Waals surface area contributed by atoms with Gasteiger partial charge in [-0.05, 0) is 12.8 Å². The number of hydrogen-bond donors (Lipinski definition) is 0. The molecule has 0 aromatic carbocycles. The molecule has 0 aliphatic heterocycles. The minimum absolute atomic E-state index is 0.241. The van der Waals surface area contributed by atoms with Crippen molar-refractivity contribution < 1.29 is 4.79 Å². The first-order valence-electron chi connectivity index (χ1n) is 3.45. The van der Waals surface area contributed by atoms with Crippen LogP contribution in [0.5, 0.6) is 0 Å². The average molecular weight is 153 g/mol. The van der Waals surface area contributed by atoms with Crippen molar-refractivity contribution in [1.29, 1.82) is 0 Å². The minimum atomic E-state index is -0.572. The van der Waals surface area contributed by atoms with E-state index in [9.17, 15) is 9.70 Å². The summed E-state index contributed by atoms with van der Waals surface area (Å²) >= 11 is 0. The molecule has 0 radical (unpaired) electrons. The molecule has 0 bridgehead atoms. The predicted octanol–water partition coefficient (Wildman–Crippen LogP) is 2.19. The van der Waals surface area contributed by atoms with E-state index in [2.05, 4.69) is 11.8 Å². The van der Waals surface area contributed by atoms with E-state index in [4.69, 9.17) is 0 Å². The molecular weight excluding hydrogens is 142 g/mol. The van der Waals surface area contributed by atoms with Gasteiger partial charge in [0.25, 0.3) is 5.91 Å². The highest BCUT2D eigenvalue weighted by Gasteiger charge is 1.96. The van der Waals surface area contributed by atoms with Crippen LogP contribution in [-0.2, 0) is 4.79 Å². The predicted molar refractivity (Wildman–Crippen MR) is 44.0 cm³/mol. The highest BCUT2D eigenvalue weighted by atomic mass is 16.3. The first kappa shape index (κ1) is 9.75. The summed E-state index contributed by atoms with van der Waals surface area (Å²) in [5, 5.41) is 2.27. The molecule has 0 unspecified atom stereocenters. The standard InChI is InChI=1S/C8H11NO2/c1-2-3-4-5-6-7-8(10)9-11/h2-4H,1,5-7H2/b4-3+. The number of hydrogen-bond acceptors (Lipinski definition) is 2. The molecular formula is C8H11NO2. The summed E-state index contributed by atoms with van der Waals surface area (Å²) in [6, 6.07) is 0. The molecule has 0 aromatic rings. The van der Waals surface area contributed by atoms with Gasteiger partial charge in [-0.1, -0.05) is 24.8 Å². The van der Waals surface area contributed by atoms with Crippen LogP contribution in [0.25, 0.3) is 0 Å². The van der Waals surface area contributed by atoms with Crippen molar-refractivity contribution in [3.8, 4) is 0 Å². The van der Waals surface area contributed by atoms with Crippen molar-refractivity contribution in [3.05, 3.63) is 29.7 Å². The monoisotopic (exact) mass is 153 g/mol. The van der Waals surface area contributed by atoms with Crippen LogP contribution >= 0.6 is 0 Å². The Labute approximate surface area is 65.8 Å². The fourth-order valence-electron chi connectivity index (χ4n) is 0.609. The Balaban J connectivity index is 3.27.